The average molecular weight is 418 g/mol. The van der Waals surface area contributed by atoms with Gasteiger partial charge in [0, 0.05) is 12.2 Å². The molecule has 0 atom stereocenters. The maximum absolute atomic E-state index is 5.63. The van der Waals surface area contributed by atoms with Crippen molar-refractivity contribution < 1.29 is 9.47 Å². The van der Waals surface area contributed by atoms with Crippen LogP contribution in [0.1, 0.15) is 18.3 Å². The van der Waals surface area contributed by atoms with Crippen molar-refractivity contribution in [2.45, 2.75) is 20.4 Å². The van der Waals surface area contributed by atoms with Gasteiger partial charge >= 0.3 is 0 Å². The van der Waals surface area contributed by atoms with Gasteiger partial charge in [0.2, 0.25) is 0 Å². The lowest BCUT2D eigenvalue weighted by Gasteiger charge is -2.14. The zero-order chi connectivity index (χ0) is 18.5. The molecule has 0 unspecified atom stereocenters. The molecule has 7 nitrogen and oxygen atoms in total. The quantitative estimate of drug-likeness (QED) is 0.630. The van der Waals surface area contributed by atoms with Crippen LogP contribution in [0.2, 0.25) is 0 Å². The number of hydrogen-bond donors (Lipinski definition) is 1. The van der Waals surface area contributed by atoms with Crippen LogP contribution < -0.4 is 14.8 Å². The van der Waals surface area contributed by atoms with Crippen LogP contribution in [0.25, 0.3) is 5.69 Å². The molecule has 1 aromatic heterocycles. The summed E-state index contributed by atoms with van der Waals surface area (Å²) in [5, 5.41) is 15.0. The summed E-state index contributed by atoms with van der Waals surface area (Å²) >= 11 is 3.55. The second-order valence-electron chi connectivity index (χ2n) is 5.58. The Morgan fingerprint density at radius 1 is 1.23 bits per heavy atom. The van der Waals surface area contributed by atoms with Gasteiger partial charge in [-0.15, -0.1) is 5.10 Å². The Kier molecular flexibility index (Phi) is 5.72. The number of tetrazole rings is 1. The fourth-order valence-corrected chi connectivity index (χ4v) is 3.19. The maximum Gasteiger partial charge on any atom is 0.175 e. The van der Waals surface area contributed by atoms with E-state index in [-0.39, 0.29) is 0 Å². The molecule has 0 saturated heterocycles. The van der Waals surface area contributed by atoms with Crippen LogP contribution in [-0.2, 0) is 6.54 Å². The molecular formula is C18H20BrN5O2. The van der Waals surface area contributed by atoms with Gasteiger partial charge < -0.3 is 14.8 Å². The van der Waals surface area contributed by atoms with Crippen LogP contribution in [0.15, 0.2) is 40.9 Å². The van der Waals surface area contributed by atoms with Gasteiger partial charge in [0.15, 0.2) is 17.3 Å². The van der Waals surface area contributed by atoms with E-state index >= 15 is 0 Å². The highest BCUT2D eigenvalue weighted by Gasteiger charge is 2.11. The fourth-order valence-electron chi connectivity index (χ4n) is 2.58. The van der Waals surface area contributed by atoms with Gasteiger partial charge in [-0.2, -0.15) is 4.68 Å². The number of aryl methyl sites for hydroxylation is 1. The first-order chi connectivity index (χ1) is 12.6. The number of nitrogens with one attached hydrogen (secondary N) is 1. The predicted octanol–water partition coefficient (Wildman–Crippen LogP) is 3.75. The molecule has 0 radical (unpaired) electrons. The summed E-state index contributed by atoms with van der Waals surface area (Å²) < 4.78 is 13.6. The highest BCUT2D eigenvalue weighted by atomic mass is 79.9. The monoisotopic (exact) mass is 417 g/mol. The molecule has 0 aliphatic heterocycles. The van der Waals surface area contributed by atoms with E-state index in [1.807, 2.05) is 50.2 Å². The normalized spacial score (nSPS) is 10.6. The third-order valence-electron chi connectivity index (χ3n) is 3.79. The molecule has 1 N–H and O–H groups in total. The third kappa shape index (κ3) is 3.96. The largest absolute Gasteiger partial charge is 0.493 e. The van der Waals surface area contributed by atoms with Crippen LogP contribution in [0.5, 0.6) is 11.5 Å². The zero-order valence-electron chi connectivity index (χ0n) is 14.9. The number of anilines is 1. The molecule has 0 fully saturated rings. The Morgan fingerprint density at radius 2 is 2.08 bits per heavy atom. The minimum absolute atomic E-state index is 0.579. The van der Waals surface area contributed by atoms with Gasteiger partial charge in [-0.1, -0.05) is 6.07 Å². The van der Waals surface area contributed by atoms with Crippen molar-refractivity contribution in [2.24, 2.45) is 0 Å². The van der Waals surface area contributed by atoms with Gasteiger partial charge in [0.1, 0.15) is 0 Å². The number of rotatable bonds is 7. The van der Waals surface area contributed by atoms with Crippen molar-refractivity contribution in [2.75, 3.05) is 19.0 Å². The lowest BCUT2D eigenvalue weighted by molar-refractivity contribution is 0.308. The van der Waals surface area contributed by atoms with Crippen molar-refractivity contribution in [1.29, 1.82) is 0 Å². The summed E-state index contributed by atoms with van der Waals surface area (Å²) in [7, 11) is 1.64. The van der Waals surface area contributed by atoms with E-state index in [9.17, 15) is 0 Å². The van der Waals surface area contributed by atoms with Crippen LogP contribution in [0, 0.1) is 6.92 Å². The van der Waals surface area contributed by atoms with Crippen molar-refractivity contribution >= 4 is 21.6 Å². The molecular weight excluding hydrogens is 398 g/mol. The Morgan fingerprint density at radius 3 is 2.77 bits per heavy atom. The topological polar surface area (TPSA) is 74.1 Å². The highest BCUT2D eigenvalue weighted by Crippen LogP contribution is 2.36. The SMILES string of the molecule is CCOc1c(Br)cc(CNc2cccc(-n3nnnc3C)c2)cc1OC. The first kappa shape index (κ1) is 18.2. The molecule has 3 aromatic rings. The first-order valence-electron chi connectivity index (χ1n) is 8.21. The van der Waals surface area contributed by atoms with E-state index in [1.165, 1.54) is 0 Å². The minimum Gasteiger partial charge on any atom is -0.493 e. The third-order valence-corrected chi connectivity index (χ3v) is 4.38. The molecule has 2 aromatic carbocycles. The molecule has 3 rings (SSSR count). The summed E-state index contributed by atoms with van der Waals surface area (Å²) in [4.78, 5) is 0. The molecule has 136 valence electrons. The van der Waals surface area contributed by atoms with Crippen molar-refractivity contribution in [3.63, 3.8) is 0 Å². The van der Waals surface area contributed by atoms with Gasteiger partial charge in [-0.25, -0.2) is 0 Å². The summed E-state index contributed by atoms with van der Waals surface area (Å²) in [5.74, 6) is 2.16. The van der Waals surface area contributed by atoms with Crippen LogP contribution in [0.3, 0.4) is 0 Å². The van der Waals surface area contributed by atoms with Crippen LogP contribution in [-0.4, -0.2) is 33.9 Å². The van der Waals surface area contributed by atoms with Crippen LogP contribution >= 0.6 is 15.9 Å². The summed E-state index contributed by atoms with van der Waals surface area (Å²) in [6.45, 7) is 5.03. The van der Waals surface area contributed by atoms with Crippen LogP contribution in [0.4, 0.5) is 5.69 Å². The molecule has 0 bridgehead atoms. The molecule has 0 spiro atoms. The maximum atomic E-state index is 5.63. The Bertz CT molecular complexity index is 897. The second-order valence-corrected chi connectivity index (χ2v) is 6.44. The molecule has 26 heavy (non-hydrogen) atoms. The fraction of sp³-hybridized carbons (Fsp3) is 0.278. The van der Waals surface area contributed by atoms with Gasteiger partial charge in [-0.05, 0) is 76.1 Å². The van der Waals surface area contributed by atoms with Gasteiger partial charge in [-0.3, -0.25) is 0 Å². The van der Waals surface area contributed by atoms with E-state index in [0.717, 1.165) is 33.0 Å². The van der Waals surface area contributed by atoms with Crippen molar-refractivity contribution in [3.8, 4) is 17.2 Å². The predicted molar refractivity (Wildman–Crippen MR) is 103 cm³/mol. The first-order valence-corrected chi connectivity index (χ1v) is 9.00. The molecule has 1 heterocycles. The standard InChI is InChI=1S/C18H20BrN5O2/c1-4-26-18-16(19)8-13(9-17(18)25-3)11-20-14-6-5-7-15(10-14)24-12(2)21-22-23-24/h5-10,20H,4,11H2,1-3H3. The lowest BCUT2D eigenvalue weighted by Crippen LogP contribution is -2.04. The number of methoxy groups -OCH3 is 1. The number of hydrogen-bond acceptors (Lipinski definition) is 6. The van der Waals surface area contributed by atoms with E-state index < -0.39 is 0 Å². The minimum atomic E-state index is 0.579. The van der Waals surface area contributed by atoms with E-state index in [2.05, 4.69) is 36.8 Å². The van der Waals surface area contributed by atoms with Crippen molar-refractivity contribution in [3.05, 3.63) is 52.3 Å². The molecule has 8 heteroatoms. The summed E-state index contributed by atoms with van der Waals surface area (Å²) in [6.07, 6.45) is 0. The van der Waals surface area contributed by atoms with E-state index in [1.54, 1.807) is 11.8 Å². The zero-order valence-corrected chi connectivity index (χ0v) is 16.4. The number of aromatic nitrogens is 4. The Labute approximate surface area is 160 Å². The molecule has 0 aliphatic rings. The smallest absolute Gasteiger partial charge is 0.175 e. The molecule has 0 amide bonds. The lowest BCUT2D eigenvalue weighted by atomic mass is 10.2. The van der Waals surface area contributed by atoms with Crippen molar-refractivity contribution in [1.82, 2.24) is 20.2 Å². The summed E-state index contributed by atoms with van der Waals surface area (Å²) in [5.41, 5.74) is 2.95. The Balaban J connectivity index is 1.77. The van der Waals surface area contributed by atoms with Gasteiger partial charge in [0.25, 0.3) is 0 Å². The number of benzene rings is 2. The average Bonchev–Trinajstić information content (AvgIpc) is 3.08. The van der Waals surface area contributed by atoms with Gasteiger partial charge in [0.05, 0.1) is 23.9 Å². The Hall–Kier alpha value is -2.61. The molecule has 0 aliphatic carbocycles. The molecule has 0 saturated carbocycles. The highest BCUT2D eigenvalue weighted by molar-refractivity contribution is 9.10. The number of halogens is 1. The summed E-state index contributed by atoms with van der Waals surface area (Å²) in [6, 6.07) is 11.9. The number of ether oxygens (including phenoxy) is 2. The van der Waals surface area contributed by atoms with E-state index in [4.69, 9.17) is 9.47 Å². The number of nitrogens with zero attached hydrogens (tertiary/aromatic N) is 4. The van der Waals surface area contributed by atoms with E-state index in [0.29, 0.717) is 18.9 Å². The second kappa shape index (κ2) is 8.18.